The highest BCUT2D eigenvalue weighted by atomic mass is 79.9. The van der Waals surface area contributed by atoms with E-state index < -0.39 is 0 Å². The van der Waals surface area contributed by atoms with Gasteiger partial charge in [0, 0.05) is 25.0 Å². The van der Waals surface area contributed by atoms with E-state index >= 15 is 0 Å². The average Bonchev–Trinajstić information content (AvgIpc) is 2.34. The molecule has 1 heterocycles. The van der Waals surface area contributed by atoms with Crippen LogP contribution in [0.4, 0.5) is 0 Å². The van der Waals surface area contributed by atoms with E-state index in [0.29, 0.717) is 6.54 Å². The lowest BCUT2D eigenvalue weighted by Crippen LogP contribution is -2.54. The molecule has 1 fully saturated rings. The van der Waals surface area contributed by atoms with Crippen molar-refractivity contribution in [3.8, 4) is 5.75 Å². The molecular weight excluding hydrogens is 308 g/mol. The van der Waals surface area contributed by atoms with Crippen LogP contribution in [0, 0.1) is 5.41 Å². The van der Waals surface area contributed by atoms with E-state index in [2.05, 4.69) is 40.0 Å². The number of benzene rings is 1. The molecule has 1 aliphatic heterocycles. The lowest BCUT2D eigenvalue weighted by atomic mass is 9.85. The van der Waals surface area contributed by atoms with Gasteiger partial charge in [-0.2, -0.15) is 0 Å². The molecule has 0 spiro atoms. The zero-order valence-corrected chi connectivity index (χ0v) is 13.1. The summed E-state index contributed by atoms with van der Waals surface area (Å²) in [6.07, 6.45) is 0. The summed E-state index contributed by atoms with van der Waals surface area (Å²) in [5.74, 6) is 0.859. The fourth-order valence-corrected chi connectivity index (χ4v) is 3.00. The third-order valence-electron chi connectivity index (χ3n) is 3.52. The summed E-state index contributed by atoms with van der Waals surface area (Å²) in [5, 5.41) is 0. The Morgan fingerprint density at radius 3 is 2.68 bits per heavy atom. The summed E-state index contributed by atoms with van der Waals surface area (Å²) in [7, 11) is 3.79. The minimum atomic E-state index is 0.151. The molecule has 0 unspecified atom stereocenters. The van der Waals surface area contributed by atoms with Crippen molar-refractivity contribution in [2.24, 2.45) is 11.1 Å². The van der Waals surface area contributed by atoms with Crippen LogP contribution in [0.2, 0.25) is 0 Å². The van der Waals surface area contributed by atoms with E-state index in [-0.39, 0.29) is 5.41 Å². The molecule has 0 amide bonds. The van der Waals surface area contributed by atoms with Crippen molar-refractivity contribution in [3.63, 3.8) is 0 Å². The van der Waals surface area contributed by atoms with Gasteiger partial charge in [-0.1, -0.05) is 6.07 Å². The van der Waals surface area contributed by atoms with E-state index in [0.717, 1.165) is 36.5 Å². The molecule has 1 aromatic rings. The van der Waals surface area contributed by atoms with Crippen molar-refractivity contribution in [3.05, 3.63) is 28.2 Å². The van der Waals surface area contributed by atoms with Crippen molar-refractivity contribution in [1.29, 1.82) is 0 Å². The summed E-state index contributed by atoms with van der Waals surface area (Å²) in [6.45, 7) is 4.10. The van der Waals surface area contributed by atoms with Gasteiger partial charge in [0.25, 0.3) is 0 Å². The highest BCUT2D eigenvalue weighted by Gasteiger charge is 2.38. The molecular formula is C14H21BrN2O2. The maximum atomic E-state index is 5.84. The van der Waals surface area contributed by atoms with Gasteiger partial charge in [-0.05, 0) is 40.7 Å². The Hall–Kier alpha value is -0.620. The quantitative estimate of drug-likeness (QED) is 0.866. The summed E-state index contributed by atoms with van der Waals surface area (Å²) >= 11 is 3.51. The first-order valence-electron chi connectivity index (χ1n) is 6.37. The molecule has 0 saturated carbocycles. The average molecular weight is 329 g/mol. The van der Waals surface area contributed by atoms with E-state index in [1.807, 2.05) is 6.07 Å². The van der Waals surface area contributed by atoms with E-state index in [1.165, 1.54) is 5.56 Å². The summed E-state index contributed by atoms with van der Waals surface area (Å²) in [4.78, 5) is 2.30. The smallest absolute Gasteiger partial charge is 0.133 e. The molecule has 0 radical (unpaired) electrons. The van der Waals surface area contributed by atoms with Crippen LogP contribution in [0.25, 0.3) is 0 Å². The molecule has 19 heavy (non-hydrogen) atoms. The molecule has 5 heteroatoms. The van der Waals surface area contributed by atoms with Crippen molar-refractivity contribution < 1.29 is 9.47 Å². The van der Waals surface area contributed by atoms with Gasteiger partial charge in [-0.15, -0.1) is 0 Å². The fourth-order valence-electron chi connectivity index (χ4n) is 2.41. The highest BCUT2D eigenvalue weighted by molar-refractivity contribution is 9.10. The van der Waals surface area contributed by atoms with Gasteiger partial charge in [-0.25, -0.2) is 0 Å². The maximum Gasteiger partial charge on any atom is 0.133 e. The van der Waals surface area contributed by atoms with E-state index in [1.54, 1.807) is 7.11 Å². The second-order valence-electron chi connectivity index (χ2n) is 5.34. The molecule has 106 valence electrons. The van der Waals surface area contributed by atoms with Gasteiger partial charge in [0.05, 0.1) is 24.8 Å². The minimum Gasteiger partial charge on any atom is -0.496 e. The Bertz CT molecular complexity index is 430. The number of hydrogen-bond acceptors (Lipinski definition) is 4. The van der Waals surface area contributed by atoms with Crippen LogP contribution in [-0.2, 0) is 11.3 Å². The normalized spacial score (nSPS) is 17.3. The number of hydrogen-bond donors (Lipinski definition) is 1. The second-order valence-corrected chi connectivity index (χ2v) is 6.19. The maximum absolute atomic E-state index is 5.84. The molecule has 2 N–H and O–H groups in total. The van der Waals surface area contributed by atoms with Crippen molar-refractivity contribution >= 4 is 15.9 Å². The Labute approximate surface area is 123 Å². The van der Waals surface area contributed by atoms with E-state index in [4.69, 9.17) is 15.2 Å². The molecule has 0 aromatic heterocycles. The van der Waals surface area contributed by atoms with Gasteiger partial charge < -0.3 is 20.1 Å². The predicted octanol–water partition coefficient (Wildman–Crippen LogP) is 1.86. The van der Waals surface area contributed by atoms with Crippen molar-refractivity contribution in [2.45, 2.75) is 6.54 Å². The third kappa shape index (κ3) is 3.48. The van der Waals surface area contributed by atoms with Crippen LogP contribution in [0.15, 0.2) is 22.7 Å². The molecule has 0 atom stereocenters. The van der Waals surface area contributed by atoms with Crippen LogP contribution < -0.4 is 10.5 Å². The first kappa shape index (κ1) is 14.8. The van der Waals surface area contributed by atoms with Gasteiger partial charge >= 0.3 is 0 Å². The Balaban J connectivity index is 1.95. The lowest BCUT2D eigenvalue weighted by molar-refractivity contribution is -0.118. The van der Waals surface area contributed by atoms with Gasteiger partial charge in [0.2, 0.25) is 0 Å². The molecule has 1 aromatic carbocycles. The molecule has 1 aliphatic rings. The SMILES string of the molecule is COc1ccc(CN(C)CC2(CN)COC2)cc1Br. The Morgan fingerprint density at radius 2 is 2.21 bits per heavy atom. The highest BCUT2D eigenvalue weighted by Crippen LogP contribution is 2.29. The molecule has 4 nitrogen and oxygen atoms in total. The Kier molecular flexibility index (Phi) is 4.84. The van der Waals surface area contributed by atoms with Crippen LogP contribution in [0.1, 0.15) is 5.56 Å². The molecule has 0 aliphatic carbocycles. The fraction of sp³-hybridized carbons (Fsp3) is 0.571. The largest absolute Gasteiger partial charge is 0.496 e. The van der Waals surface area contributed by atoms with Crippen LogP contribution in [0.3, 0.4) is 0 Å². The number of rotatable bonds is 6. The Morgan fingerprint density at radius 1 is 1.47 bits per heavy atom. The zero-order chi connectivity index (χ0) is 13.9. The number of nitrogens with two attached hydrogens (primary N) is 1. The van der Waals surface area contributed by atoms with Crippen molar-refractivity contribution in [2.75, 3.05) is 40.5 Å². The van der Waals surface area contributed by atoms with Crippen molar-refractivity contribution in [1.82, 2.24) is 4.90 Å². The molecule has 2 rings (SSSR count). The third-order valence-corrected chi connectivity index (χ3v) is 4.14. The first-order valence-corrected chi connectivity index (χ1v) is 7.17. The lowest BCUT2D eigenvalue weighted by Gasteiger charge is -2.43. The van der Waals surface area contributed by atoms with Crippen LogP contribution >= 0.6 is 15.9 Å². The number of nitrogens with zero attached hydrogens (tertiary/aromatic N) is 1. The first-order chi connectivity index (χ1) is 9.08. The number of methoxy groups -OCH3 is 1. The minimum absolute atomic E-state index is 0.151. The number of halogens is 1. The topological polar surface area (TPSA) is 47.7 Å². The molecule has 1 saturated heterocycles. The second kappa shape index (κ2) is 6.22. The molecule has 0 bridgehead atoms. The summed E-state index contributed by atoms with van der Waals surface area (Å²) in [5.41, 5.74) is 7.25. The predicted molar refractivity (Wildman–Crippen MR) is 79.3 cm³/mol. The zero-order valence-electron chi connectivity index (χ0n) is 11.5. The van der Waals surface area contributed by atoms with Gasteiger partial charge in [0.15, 0.2) is 0 Å². The summed E-state index contributed by atoms with van der Waals surface area (Å²) < 4.78 is 11.5. The van der Waals surface area contributed by atoms with Crippen LogP contribution in [-0.4, -0.2) is 45.4 Å². The number of ether oxygens (including phenoxy) is 2. The van der Waals surface area contributed by atoms with Gasteiger partial charge in [-0.3, -0.25) is 0 Å². The summed E-state index contributed by atoms with van der Waals surface area (Å²) in [6, 6.07) is 6.17. The van der Waals surface area contributed by atoms with Crippen LogP contribution in [0.5, 0.6) is 5.75 Å². The monoisotopic (exact) mass is 328 g/mol. The standard InChI is InChI=1S/C14H21BrN2O2/c1-17(8-14(7-16)9-19-10-14)6-11-3-4-13(18-2)12(15)5-11/h3-5H,6-10,16H2,1-2H3. The van der Waals surface area contributed by atoms with E-state index in [9.17, 15) is 0 Å². The van der Waals surface area contributed by atoms with Gasteiger partial charge in [0.1, 0.15) is 5.75 Å².